The van der Waals surface area contributed by atoms with E-state index in [2.05, 4.69) is 26.9 Å². The fourth-order valence-corrected chi connectivity index (χ4v) is 1.42. The topological polar surface area (TPSA) is 18.5 Å². The van der Waals surface area contributed by atoms with Gasteiger partial charge >= 0.3 is 0 Å². The first kappa shape index (κ1) is 9.71. The molecule has 0 atom stereocenters. The normalized spacial score (nSPS) is 10.2. The highest BCUT2D eigenvalue weighted by Gasteiger charge is 1.97. The van der Waals surface area contributed by atoms with Crippen molar-refractivity contribution in [1.82, 2.24) is 0 Å². The zero-order valence-corrected chi connectivity index (χ0v) is 8.50. The van der Waals surface area contributed by atoms with Gasteiger partial charge in [-0.3, -0.25) is 0 Å². The first-order valence-corrected chi connectivity index (χ1v) is 4.53. The molecular formula is C9H11BrO2. The molecule has 1 aromatic rings. The molecule has 0 N–H and O–H groups in total. The zero-order chi connectivity index (χ0) is 8.81. The summed E-state index contributed by atoms with van der Waals surface area (Å²) in [5.74, 6) is 0. The first-order valence-electron chi connectivity index (χ1n) is 3.73. The van der Waals surface area contributed by atoms with Crippen molar-refractivity contribution in [3.05, 3.63) is 34.3 Å². The van der Waals surface area contributed by atoms with Crippen LogP contribution in [0.2, 0.25) is 0 Å². The van der Waals surface area contributed by atoms with Crippen LogP contribution in [-0.4, -0.2) is 13.7 Å². The van der Waals surface area contributed by atoms with E-state index < -0.39 is 0 Å². The summed E-state index contributed by atoms with van der Waals surface area (Å²) in [4.78, 5) is 9.26. The monoisotopic (exact) mass is 230 g/mol. The Bertz CT molecular complexity index is 238. The number of benzene rings is 1. The van der Waals surface area contributed by atoms with Crippen molar-refractivity contribution in [2.45, 2.75) is 6.42 Å². The standard InChI is InChI=1S/C9H11BrO2/c1-11-12-7-6-8-4-2-3-5-9(8)10/h2-5H,6-7H2,1H3. The Balaban J connectivity index is 2.46. The molecule has 0 aliphatic heterocycles. The molecule has 1 aromatic carbocycles. The molecule has 0 radical (unpaired) electrons. The van der Waals surface area contributed by atoms with E-state index in [0.29, 0.717) is 6.61 Å². The van der Waals surface area contributed by atoms with Gasteiger partial charge in [0.05, 0.1) is 13.7 Å². The molecule has 3 heteroatoms. The minimum Gasteiger partial charge on any atom is -0.240 e. The SMILES string of the molecule is COOCCc1ccccc1Br. The quantitative estimate of drug-likeness (QED) is 0.450. The van der Waals surface area contributed by atoms with Crippen LogP contribution < -0.4 is 0 Å². The van der Waals surface area contributed by atoms with Crippen molar-refractivity contribution in [2.24, 2.45) is 0 Å². The minimum atomic E-state index is 0.582. The van der Waals surface area contributed by atoms with Gasteiger partial charge in [0.1, 0.15) is 0 Å². The summed E-state index contributed by atoms with van der Waals surface area (Å²) < 4.78 is 1.12. The molecule has 0 bridgehead atoms. The van der Waals surface area contributed by atoms with Crippen LogP contribution in [0.3, 0.4) is 0 Å². The Labute approximate surface area is 80.6 Å². The third-order valence-corrected chi connectivity index (χ3v) is 2.30. The van der Waals surface area contributed by atoms with E-state index in [0.717, 1.165) is 10.9 Å². The van der Waals surface area contributed by atoms with Gasteiger partial charge in [-0.2, -0.15) is 0 Å². The van der Waals surface area contributed by atoms with Gasteiger partial charge in [-0.05, 0) is 11.6 Å². The lowest BCUT2D eigenvalue weighted by atomic mass is 10.2. The second-order valence-electron chi connectivity index (χ2n) is 2.33. The third-order valence-electron chi connectivity index (χ3n) is 1.53. The van der Waals surface area contributed by atoms with Gasteiger partial charge in [0.25, 0.3) is 0 Å². The molecule has 0 unspecified atom stereocenters. The highest BCUT2D eigenvalue weighted by Crippen LogP contribution is 2.15. The number of rotatable bonds is 4. The summed E-state index contributed by atoms with van der Waals surface area (Å²) in [5, 5.41) is 0. The van der Waals surface area contributed by atoms with Gasteiger partial charge in [-0.1, -0.05) is 34.1 Å². The summed E-state index contributed by atoms with van der Waals surface area (Å²) in [5.41, 5.74) is 1.23. The molecular weight excluding hydrogens is 220 g/mol. The summed E-state index contributed by atoms with van der Waals surface area (Å²) in [7, 11) is 1.51. The van der Waals surface area contributed by atoms with Crippen LogP contribution in [0, 0.1) is 0 Å². The Morgan fingerprint density at radius 3 is 2.75 bits per heavy atom. The largest absolute Gasteiger partial charge is 0.240 e. The molecule has 0 amide bonds. The number of hydrogen-bond donors (Lipinski definition) is 0. The number of halogens is 1. The van der Waals surface area contributed by atoms with E-state index in [-0.39, 0.29) is 0 Å². The maximum absolute atomic E-state index is 4.77. The molecule has 0 fully saturated rings. The predicted octanol–water partition coefficient (Wildman–Crippen LogP) is 2.57. The van der Waals surface area contributed by atoms with Crippen LogP contribution in [0.25, 0.3) is 0 Å². The molecule has 0 saturated heterocycles. The van der Waals surface area contributed by atoms with Gasteiger partial charge in [-0.15, -0.1) is 0 Å². The fraction of sp³-hybridized carbons (Fsp3) is 0.333. The van der Waals surface area contributed by atoms with Crippen LogP contribution in [0.4, 0.5) is 0 Å². The Morgan fingerprint density at radius 2 is 2.08 bits per heavy atom. The van der Waals surface area contributed by atoms with Crippen molar-refractivity contribution < 1.29 is 9.78 Å². The summed E-state index contributed by atoms with van der Waals surface area (Å²) in [6, 6.07) is 8.07. The van der Waals surface area contributed by atoms with Crippen molar-refractivity contribution in [1.29, 1.82) is 0 Å². The molecule has 0 aromatic heterocycles. The maximum Gasteiger partial charge on any atom is 0.0862 e. The highest BCUT2D eigenvalue weighted by molar-refractivity contribution is 9.10. The minimum absolute atomic E-state index is 0.582. The van der Waals surface area contributed by atoms with Crippen molar-refractivity contribution in [3.63, 3.8) is 0 Å². The van der Waals surface area contributed by atoms with E-state index in [1.54, 1.807) is 0 Å². The zero-order valence-electron chi connectivity index (χ0n) is 6.92. The van der Waals surface area contributed by atoms with E-state index in [1.165, 1.54) is 12.7 Å². The molecule has 0 heterocycles. The highest BCUT2D eigenvalue weighted by atomic mass is 79.9. The van der Waals surface area contributed by atoms with E-state index in [1.807, 2.05) is 18.2 Å². The molecule has 12 heavy (non-hydrogen) atoms. The van der Waals surface area contributed by atoms with Crippen LogP contribution in [-0.2, 0) is 16.2 Å². The molecule has 2 nitrogen and oxygen atoms in total. The fourth-order valence-electron chi connectivity index (χ4n) is 0.936. The second-order valence-corrected chi connectivity index (χ2v) is 3.18. The summed E-state index contributed by atoms with van der Waals surface area (Å²) >= 11 is 3.45. The molecule has 1 rings (SSSR count). The Morgan fingerprint density at radius 1 is 1.33 bits per heavy atom. The Hall–Kier alpha value is -0.380. The van der Waals surface area contributed by atoms with Gasteiger partial charge in [0.2, 0.25) is 0 Å². The second kappa shape index (κ2) is 5.30. The molecule has 66 valence electrons. The lowest BCUT2D eigenvalue weighted by Gasteiger charge is -2.02. The van der Waals surface area contributed by atoms with Crippen LogP contribution in [0.1, 0.15) is 5.56 Å². The average Bonchev–Trinajstić information content (AvgIpc) is 2.09. The van der Waals surface area contributed by atoms with E-state index in [9.17, 15) is 0 Å². The van der Waals surface area contributed by atoms with Crippen LogP contribution in [0.5, 0.6) is 0 Å². The maximum atomic E-state index is 4.77. The lowest BCUT2D eigenvalue weighted by molar-refractivity contribution is -0.271. The predicted molar refractivity (Wildman–Crippen MR) is 50.8 cm³/mol. The molecule has 0 aliphatic rings. The smallest absolute Gasteiger partial charge is 0.0862 e. The average molecular weight is 231 g/mol. The summed E-state index contributed by atoms with van der Waals surface area (Å²) in [6.45, 7) is 0.582. The summed E-state index contributed by atoms with van der Waals surface area (Å²) in [6.07, 6.45) is 0.856. The van der Waals surface area contributed by atoms with Gasteiger partial charge in [0.15, 0.2) is 0 Å². The molecule has 0 aliphatic carbocycles. The van der Waals surface area contributed by atoms with E-state index >= 15 is 0 Å². The molecule has 0 saturated carbocycles. The van der Waals surface area contributed by atoms with E-state index in [4.69, 9.17) is 4.89 Å². The van der Waals surface area contributed by atoms with Gasteiger partial charge < -0.3 is 0 Å². The van der Waals surface area contributed by atoms with Crippen molar-refractivity contribution in [3.8, 4) is 0 Å². The third kappa shape index (κ3) is 2.93. The van der Waals surface area contributed by atoms with Crippen LogP contribution in [0.15, 0.2) is 28.7 Å². The van der Waals surface area contributed by atoms with Gasteiger partial charge in [0, 0.05) is 10.9 Å². The van der Waals surface area contributed by atoms with Crippen LogP contribution >= 0.6 is 15.9 Å². The van der Waals surface area contributed by atoms with Crippen molar-refractivity contribution >= 4 is 15.9 Å². The first-order chi connectivity index (χ1) is 5.84. The van der Waals surface area contributed by atoms with Gasteiger partial charge in [-0.25, -0.2) is 9.78 Å². The molecule has 0 spiro atoms. The lowest BCUT2D eigenvalue weighted by Crippen LogP contribution is -1.97. The Kier molecular flexibility index (Phi) is 4.29. The van der Waals surface area contributed by atoms with Crippen molar-refractivity contribution in [2.75, 3.05) is 13.7 Å². The number of hydrogen-bond acceptors (Lipinski definition) is 2.